The molecule has 3 N–H and O–H groups in total. The minimum Gasteiger partial charge on any atom is -0.480 e. The van der Waals surface area contributed by atoms with Gasteiger partial charge in [0.1, 0.15) is 6.04 Å². The molecule has 0 saturated heterocycles. The first kappa shape index (κ1) is 16.7. The Balaban J connectivity index is 0.00000289. The summed E-state index contributed by atoms with van der Waals surface area (Å²) >= 11 is 0. The van der Waals surface area contributed by atoms with Crippen molar-refractivity contribution in [2.75, 3.05) is 13.6 Å². The van der Waals surface area contributed by atoms with Crippen molar-refractivity contribution in [1.29, 1.82) is 0 Å². The highest BCUT2D eigenvalue weighted by atomic mass is 35.5. The van der Waals surface area contributed by atoms with Crippen molar-refractivity contribution in [1.82, 2.24) is 15.5 Å². The Labute approximate surface area is 111 Å². The predicted octanol–water partition coefficient (Wildman–Crippen LogP) is -0.199. The molecule has 18 heavy (non-hydrogen) atoms. The van der Waals surface area contributed by atoms with Crippen LogP contribution in [0.1, 0.15) is 19.8 Å². The van der Waals surface area contributed by atoms with Gasteiger partial charge in [-0.1, -0.05) is 0 Å². The van der Waals surface area contributed by atoms with Gasteiger partial charge in [-0.15, -0.1) is 12.4 Å². The number of nitrogens with one attached hydrogen (secondary N) is 2. The Morgan fingerprint density at radius 3 is 2.39 bits per heavy atom. The topological polar surface area (TPSA) is 98.7 Å². The third kappa shape index (κ3) is 5.83. The van der Waals surface area contributed by atoms with Gasteiger partial charge in [0, 0.05) is 6.04 Å². The molecule has 1 rings (SSSR count). The lowest BCUT2D eigenvalue weighted by atomic mass is 10.3. The highest BCUT2D eigenvalue weighted by Gasteiger charge is 2.24. The number of carboxylic acid groups (broad SMARTS) is 1. The van der Waals surface area contributed by atoms with Gasteiger partial charge in [0.05, 0.1) is 6.54 Å². The molecule has 0 aromatic heterocycles. The molecule has 1 fully saturated rings. The van der Waals surface area contributed by atoms with Crippen LogP contribution in [-0.2, 0) is 9.59 Å². The fourth-order valence-corrected chi connectivity index (χ4v) is 1.17. The number of imide groups is 1. The van der Waals surface area contributed by atoms with Crippen LogP contribution in [0, 0.1) is 0 Å². The number of hydrogen-bond acceptors (Lipinski definition) is 4. The summed E-state index contributed by atoms with van der Waals surface area (Å²) in [6, 6.07) is -1.11. The van der Waals surface area contributed by atoms with Gasteiger partial charge in [-0.05, 0) is 26.8 Å². The smallest absolute Gasteiger partial charge is 0.321 e. The van der Waals surface area contributed by atoms with Crippen molar-refractivity contribution in [2.45, 2.75) is 31.8 Å². The largest absolute Gasteiger partial charge is 0.480 e. The molecular weight excluding hydrogens is 262 g/mol. The van der Waals surface area contributed by atoms with Gasteiger partial charge in [-0.2, -0.15) is 0 Å². The normalized spacial score (nSPS) is 15.5. The summed E-state index contributed by atoms with van der Waals surface area (Å²) in [6.07, 6.45) is 1.88. The van der Waals surface area contributed by atoms with Crippen LogP contribution >= 0.6 is 12.4 Å². The number of urea groups is 1. The number of halogens is 1. The van der Waals surface area contributed by atoms with Crippen molar-refractivity contribution < 1.29 is 19.5 Å². The van der Waals surface area contributed by atoms with E-state index in [9.17, 15) is 14.4 Å². The van der Waals surface area contributed by atoms with E-state index in [1.54, 1.807) is 0 Å². The van der Waals surface area contributed by atoms with E-state index in [1.165, 1.54) is 18.9 Å². The lowest BCUT2D eigenvalue weighted by Gasteiger charge is -2.19. The second-order valence-corrected chi connectivity index (χ2v) is 4.23. The van der Waals surface area contributed by atoms with E-state index >= 15 is 0 Å². The second-order valence-electron chi connectivity index (χ2n) is 4.23. The van der Waals surface area contributed by atoms with Gasteiger partial charge in [0.2, 0.25) is 5.91 Å². The number of carboxylic acids is 1. The van der Waals surface area contributed by atoms with E-state index in [-0.39, 0.29) is 25.0 Å². The van der Waals surface area contributed by atoms with Crippen molar-refractivity contribution in [3.63, 3.8) is 0 Å². The molecule has 1 unspecified atom stereocenters. The molecule has 0 heterocycles. The van der Waals surface area contributed by atoms with E-state index in [0.717, 1.165) is 12.8 Å². The summed E-state index contributed by atoms with van der Waals surface area (Å²) < 4.78 is 0. The Hall–Kier alpha value is -1.34. The third-order valence-electron chi connectivity index (χ3n) is 2.58. The molecule has 0 aromatic rings. The van der Waals surface area contributed by atoms with Crippen LogP contribution < -0.4 is 10.6 Å². The Morgan fingerprint density at radius 1 is 1.39 bits per heavy atom. The first-order chi connectivity index (χ1) is 7.90. The van der Waals surface area contributed by atoms with Gasteiger partial charge in [0.15, 0.2) is 0 Å². The highest BCUT2D eigenvalue weighted by Crippen LogP contribution is 2.18. The zero-order chi connectivity index (χ0) is 13.0. The summed E-state index contributed by atoms with van der Waals surface area (Å²) in [5, 5.41) is 13.5. The molecule has 3 amide bonds. The number of hydrogen-bond donors (Lipinski definition) is 3. The molecule has 7 nitrogen and oxygen atoms in total. The van der Waals surface area contributed by atoms with Crippen LogP contribution in [0.2, 0.25) is 0 Å². The van der Waals surface area contributed by atoms with E-state index in [2.05, 4.69) is 10.6 Å². The van der Waals surface area contributed by atoms with Crippen LogP contribution in [0.15, 0.2) is 0 Å². The first-order valence-electron chi connectivity index (χ1n) is 5.43. The number of carbonyl (C=O) groups excluding carboxylic acids is 2. The average Bonchev–Trinajstić information content (AvgIpc) is 2.99. The standard InChI is InChI=1S/C10H17N3O4.ClH/c1-6(9(15)16)13(2)5-8(14)12-10(17)11-7-3-4-7;/h6-7H,3-5H2,1-2H3,(H,15,16)(H2,11,12,14,17);1H. The van der Waals surface area contributed by atoms with Crippen molar-refractivity contribution in [3.8, 4) is 0 Å². The molecule has 1 atom stereocenters. The van der Waals surface area contributed by atoms with E-state index in [4.69, 9.17) is 5.11 Å². The quantitative estimate of drug-likeness (QED) is 0.647. The van der Waals surface area contributed by atoms with Crippen LogP contribution in [0.5, 0.6) is 0 Å². The maximum absolute atomic E-state index is 11.4. The third-order valence-corrected chi connectivity index (χ3v) is 2.58. The average molecular weight is 280 g/mol. The predicted molar refractivity (Wildman–Crippen MR) is 66.7 cm³/mol. The van der Waals surface area contributed by atoms with Gasteiger partial charge < -0.3 is 10.4 Å². The van der Waals surface area contributed by atoms with E-state index in [1.807, 2.05) is 0 Å². The maximum atomic E-state index is 11.4. The molecule has 0 aliphatic heterocycles. The van der Waals surface area contributed by atoms with Crippen molar-refractivity contribution in [2.24, 2.45) is 0 Å². The second kappa shape index (κ2) is 7.17. The lowest BCUT2D eigenvalue weighted by molar-refractivity contribution is -0.142. The van der Waals surface area contributed by atoms with Crippen LogP contribution in [-0.4, -0.2) is 53.6 Å². The summed E-state index contributed by atoms with van der Waals surface area (Å²) in [6.45, 7) is 1.34. The molecule has 104 valence electrons. The molecular formula is C10H18ClN3O4. The Kier molecular flexibility index (Phi) is 6.64. The number of rotatable bonds is 5. The Morgan fingerprint density at radius 2 is 1.94 bits per heavy atom. The Bertz CT molecular complexity index is 333. The minimum atomic E-state index is -1.01. The number of carbonyl (C=O) groups is 3. The molecule has 0 radical (unpaired) electrons. The molecule has 0 spiro atoms. The van der Waals surface area contributed by atoms with Crippen LogP contribution in [0.3, 0.4) is 0 Å². The van der Waals surface area contributed by atoms with Crippen LogP contribution in [0.25, 0.3) is 0 Å². The summed E-state index contributed by atoms with van der Waals surface area (Å²) in [4.78, 5) is 34.6. The molecule has 0 aromatic carbocycles. The van der Waals surface area contributed by atoms with E-state index in [0.29, 0.717) is 0 Å². The maximum Gasteiger partial charge on any atom is 0.321 e. The van der Waals surface area contributed by atoms with Gasteiger partial charge >= 0.3 is 12.0 Å². The number of amides is 3. The molecule has 1 saturated carbocycles. The van der Waals surface area contributed by atoms with Gasteiger partial charge in [-0.25, -0.2) is 4.79 Å². The molecule has 0 bridgehead atoms. The number of nitrogens with zero attached hydrogens (tertiary/aromatic N) is 1. The van der Waals surface area contributed by atoms with E-state index < -0.39 is 23.9 Å². The highest BCUT2D eigenvalue weighted by molar-refractivity contribution is 5.95. The molecule has 1 aliphatic carbocycles. The van der Waals surface area contributed by atoms with Gasteiger partial charge in [-0.3, -0.25) is 19.8 Å². The van der Waals surface area contributed by atoms with Crippen LogP contribution in [0.4, 0.5) is 4.79 Å². The summed E-state index contributed by atoms with van der Waals surface area (Å²) in [5.74, 6) is -1.53. The first-order valence-corrected chi connectivity index (χ1v) is 5.43. The van der Waals surface area contributed by atoms with Gasteiger partial charge in [0.25, 0.3) is 0 Å². The summed E-state index contributed by atoms with van der Waals surface area (Å²) in [5.41, 5.74) is 0. The fraction of sp³-hybridized carbons (Fsp3) is 0.700. The minimum absolute atomic E-state index is 0. The van der Waals surface area contributed by atoms with Crippen molar-refractivity contribution in [3.05, 3.63) is 0 Å². The SMILES string of the molecule is CC(C(=O)O)N(C)CC(=O)NC(=O)NC1CC1.Cl. The number of aliphatic carboxylic acids is 1. The molecule has 8 heteroatoms. The zero-order valence-corrected chi connectivity index (χ0v) is 11.1. The number of likely N-dealkylation sites (N-methyl/N-ethyl adjacent to an activating group) is 1. The molecule has 1 aliphatic rings. The zero-order valence-electron chi connectivity index (χ0n) is 10.3. The monoisotopic (exact) mass is 279 g/mol. The van der Waals surface area contributed by atoms with Crippen molar-refractivity contribution >= 4 is 30.3 Å². The summed E-state index contributed by atoms with van der Waals surface area (Å²) in [7, 11) is 1.51. The fourth-order valence-electron chi connectivity index (χ4n) is 1.17. The lowest BCUT2D eigenvalue weighted by Crippen LogP contribution is -2.47.